The van der Waals surface area contributed by atoms with E-state index in [1.54, 1.807) is 0 Å². The molecule has 1 nitrogen and oxygen atoms in total. The van der Waals surface area contributed by atoms with E-state index < -0.39 is 7.14 Å². The van der Waals surface area contributed by atoms with Gasteiger partial charge in [-0.25, -0.2) is 0 Å². The largest absolute Gasteiger partial charge is 0.309 e. The van der Waals surface area contributed by atoms with Gasteiger partial charge in [0.25, 0.3) is 0 Å². The third-order valence-electron chi connectivity index (χ3n) is 4.30. The monoisotopic (exact) mass is 336 g/mol. The van der Waals surface area contributed by atoms with Crippen molar-refractivity contribution in [3.63, 3.8) is 0 Å². The van der Waals surface area contributed by atoms with Gasteiger partial charge >= 0.3 is 0 Å². The Hall–Kier alpha value is -1.76. The van der Waals surface area contributed by atoms with Crippen LogP contribution in [0.2, 0.25) is 0 Å². The molecule has 0 saturated heterocycles. The van der Waals surface area contributed by atoms with Crippen molar-refractivity contribution in [2.24, 2.45) is 0 Å². The van der Waals surface area contributed by atoms with Gasteiger partial charge in [0.15, 0.2) is 7.14 Å². The molecule has 1 aliphatic heterocycles. The van der Waals surface area contributed by atoms with Crippen molar-refractivity contribution in [1.82, 2.24) is 0 Å². The van der Waals surface area contributed by atoms with E-state index in [1.807, 2.05) is 78.5 Å². The second kappa shape index (κ2) is 6.03. The second-order valence-electron chi connectivity index (χ2n) is 5.70. The summed E-state index contributed by atoms with van der Waals surface area (Å²) in [6.45, 7) is 0. The van der Waals surface area contributed by atoms with E-state index in [1.165, 1.54) is 11.1 Å². The number of rotatable bonds is 1. The first-order valence-electron chi connectivity index (χ1n) is 7.70. The van der Waals surface area contributed by atoms with E-state index in [0.29, 0.717) is 0 Å². The van der Waals surface area contributed by atoms with Gasteiger partial charge < -0.3 is 4.57 Å². The van der Waals surface area contributed by atoms with Crippen LogP contribution in [0.25, 0.3) is 0 Å². The molecule has 4 rings (SSSR count). The van der Waals surface area contributed by atoms with Gasteiger partial charge in [0.05, 0.1) is 0 Å². The molecular weight excluding hydrogens is 319 g/mol. The predicted octanol–water partition coefficient (Wildman–Crippen LogP) is 4.07. The highest BCUT2D eigenvalue weighted by Crippen LogP contribution is 2.46. The first kappa shape index (κ1) is 14.8. The zero-order valence-corrected chi connectivity index (χ0v) is 14.4. The lowest BCUT2D eigenvalue weighted by Gasteiger charge is -2.26. The SMILES string of the molecule is O=P1(c2ccccc2)c2ccccc2CSCc2ccccc21. The molecule has 0 aromatic heterocycles. The zero-order chi connectivity index (χ0) is 15.7. The second-order valence-corrected chi connectivity index (χ2v) is 9.38. The van der Waals surface area contributed by atoms with Crippen molar-refractivity contribution >= 4 is 34.8 Å². The average Bonchev–Trinajstić information content (AvgIpc) is 2.61. The molecule has 0 aliphatic carbocycles. The van der Waals surface area contributed by atoms with Gasteiger partial charge in [-0.1, -0.05) is 78.9 Å². The van der Waals surface area contributed by atoms with Crippen molar-refractivity contribution in [1.29, 1.82) is 0 Å². The van der Waals surface area contributed by atoms with E-state index in [9.17, 15) is 4.57 Å². The average molecular weight is 336 g/mol. The molecule has 0 amide bonds. The highest BCUT2D eigenvalue weighted by Gasteiger charge is 2.34. The molecule has 0 atom stereocenters. The fourth-order valence-electron chi connectivity index (χ4n) is 3.20. The Labute approximate surface area is 141 Å². The summed E-state index contributed by atoms with van der Waals surface area (Å²) in [5, 5.41) is 2.91. The maximum absolute atomic E-state index is 14.4. The van der Waals surface area contributed by atoms with Crippen LogP contribution < -0.4 is 15.9 Å². The Morgan fingerprint density at radius 3 is 1.70 bits per heavy atom. The van der Waals surface area contributed by atoms with E-state index in [2.05, 4.69) is 12.1 Å². The first-order chi connectivity index (χ1) is 11.3. The van der Waals surface area contributed by atoms with E-state index in [0.717, 1.165) is 27.4 Å². The third-order valence-corrected chi connectivity index (χ3v) is 8.58. The number of hydrogen-bond donors (Lipinski definition) is 0. The van der Waals surface area contributed by atoms with Crippen LogP contribution in [0.5, 0.6) is 0 Å². The molecule has 0 saturated carbocycles. The quantitative estimate of drug-likeness (QED) is 0.623. The summed E-state index contributed by atoms with van der Waals surface area (Å²) in [4.78, 5) is 0. The summed E-state index contributed by atoms with van der Waals surface area (Å²) in [6.07, 6.45) is 0. The van der Waals surface area contributed by atoms with E-state index in [4.69, 9.17) is 0 Å². The van der Waals surface area contributed by atoms with Crippen LogP contribution in [0.4, 0.5) is 0 Å². The van der Waals surface area contributed by atoms with Crippen molar-refractivity contribution in [2.45, 2.75) is 11.5 Å². The minimum atomic E-state index is -2.83. The molecule has 1 heterocycles. The summed E-state index contributed by atoms with van der Waals surface area (Å²) in [7, 11) is -2.83. The summed E-state index contributed by atoms with van der Waals surface area (Å²) in [5.74, 6) is 1.81. The van der Waals surface area contributed by atoms with Crippen molar-refractivity contribution in [3.05, 3.63) is 90.0 Å². The van der Waals surface area contributed by atoms with E-state index in [-0.39, 0.29) is 0 Å². The van der Waals surface area contributed by atoms with Crippen LogP contribution in [-0.2, 0) is 16.1 Å². The normalized spacial score (nSPS) is 15.8. The molecule has 0 unspecified atom stereocenters. The number of fused-ring (bicyclic) bond motifs is 2. The van der Waals surface area contributed by atoms with Gasteiger partial charge in [-0.2, -0.15) is 11.8 Å². The van der Waals surface area contributed by atoms with Gasteiger partial charge in [-0.3, -0.25) is 0 Å². The van der Waals surface area contributed by atoms with Crippen molar-refractivity contribution in [2.75, 3.05) is 0 Å². The molecule has 0 N–H and O–H groups in total. The van der Waals surface area contributed by atoms with Crippen molar-refractivity contribution in [3.8, 4) is 0 Å². The maximum Gasteiger partial charge on any atom is 0.171 e. The lowest BCUT2D eigenvalue weighted by Crippen LogP contribution is -2.30. The molecule has 3 heteroatoms. The lowest BCUT2D eigenvalue weighted by atomic mass is 10.2. The molecule has 0 fully saturated rings. The molecule has 114 valence electrons. The molecule has 3 aromatic carbocycles. The number of benzene rings is 3. The lowest BCUT2D eigenvalue weighted by molar-refractivity contribution is 0.592. The Balaban J connectivity index is 2.09. The highest BCUT2D eigenvalue weighted by molar-refractivity contribution is 7.98. The van der Waals surface area contributed by atoms with Crippen LogP contribution in [0.15, 0.2) is 78.9 Å². The van der Waals surface area contributed by atoms with Gasteiger partial charge in [0.1, 0.15) is 0 Å². The smallest absolute Gasteiger partial charge is 0.171 e. The molecule has 23 heavy (non-hydrogen) atoms. The van der Waals surface area contributed by atoms with Gasteiger partial charge in [0.2, 0.25) is 0 Å². The Kier molecular flexibility index (Phi) is 3.88. The molecule has 0 spiro atoms. The van der Waals surface area contributed by atoms with Crippen LogP contribution in [0, 0.1) is 0 Å². The van der Waals surface area contributed by atoms with Crippen molar-refractivity contribution < 1.29 is 4.57 Å². The molecule has 0 bridgehead atoms. The van der Waals surface area contributed by atoms with E-state index >= 15 is 0 Å². The minimum absolute atomic E-state index is 0.904. The Morgan fingerprint density at radius 2 is 1.13 bits per heavy atom. The van der Waals surface area contributed by atoms with Gasteiger partial charge in [-0.05, 0) is 11.1 Å². The van der Waals surface area contributed by atoms with Gasteiger partial charge in [0, 0.05) is 27.4 Å². The Morgan fingerprint density at radius 1 is 0.652 bits per heavy atom. The molecule has 0 radical (unpaired) electrons. The summed E-state index contributed by atoms with van der Waals surface area (Å²) < 4.78 is 14.4. The summed E-state index contributed by atoms with van der Waals surface area (Å²) >= 11 is 1.89. The number of thioether (sulfide) groups is 1. The first-order valence-corrected chi connectivity index (χ1v) is 10.6. The minimum Gasteiger partial charge on any atom is -0.309 e. The molecule has 3 aromatic rings. The standard InChI is InChI=1S/C20H17OPS/c21-22(18-10-2-1-3-11-18)19-12-6-4-8-16(19)14-23-15-17-9-5-7-13-20(17)22/h1-13H,14-15H2. The van der Waals surface area contributed by atoms with Gasteiger partial charge in [-0.15, -0.1) is 0 Å². The third kappa shape index (κ3) is 2.47. The highest BCUT2D eigenvalue weighted by atomic mass is 32.2. The molecular formula is C20H17OPS. The van der Waals surface area contributed by atoms with Crippen LogP contribution >= 0.6 is 18.9 Å². The summed E-state index contributed by atoms with van der Waals surface area (Å²) in [6, 6.07) is 26.4. The predicted molar refractivity (Wildman–Crippen MR) is 101 cm³/mol. The maximum atomic E-state index is 14.4. The fraction of sp³-hybridized carbons (Fsp3) is 0.100. The van der Waals surface area contributed by atoms with Crippen LogP contribution in [0.3, 0.4) is 0 Å². The Bertz CT molecular complexity index is 837. The topological polar surface area (TPSA) is 17.1 Å². The molecule has 1 aliphatic rings. The fourth-order valence-corrected chi connectivity index (χ4v) is 7.57. The van der Waals surface area contributed by atoms with Crippen LogP contribution in [0.1, 0.15) is 11.1 Å². The van der Waals surface area contributed by atoms with Crippen LogP contribution in [-0.4, -0.2) is 0 Å². The summed E-state index contributed by atoms with van der Waals surface area (Å²) in [5.41, 5.74) is 2.39. The number of hydrogen-bond acceptors (Lipinski definition) is 2. The zero-order valence-electron chi connectivity index (χ0n) is 12.7.